The topological polar surface area (TPSA) is 54.5 Å². The summed E-state index contributed by atoms with van der Waals surface area (Å²) in [6.07, 6.45) is -2.71. The molecule has 1 aliphatic rings. The standard InChI is InChI=1S/C24H22F3N3O2/c1-15(14-32-2)29-23(31)16-5-10-21-20(12-16)22-17(4-3-11-28-22)13-30(21)19-8-6-18(7-9-19)24(25,26)27/h3-12,15H,13-14H2,1-2H3,(H,29,31)/t15-/m0/s1. The lowest BCUT2D eigenvalue weighted by atomic mass is 9.95. The third-order valence-electron chi connectivity index (χ3n) is 5.32. The molecule has 0 radical (unpaired) electrons. The van der Waals surface area contributed by atoms with Gasteiger partial charge in [0.05, 0.1) is 30.1 Å². The molecule has 1 atom stereocenters. The number of nitrogens with one attached hydrogen (secondary N) is 1. The van der Waals surface area contributed by atoms with Crippen molar-refractivity contribution in [3.8, 4) is 11.3 Å². The summed E-state index contributed by atoms with van der Waals surface area (Å²) >= 11 is 0. The Morgan fingerprint density at radius 1 is 1.19 bits per heavy atom. The zero-order valence-electron chi connectivity index (χ0n) is 17.6. The number of halogens is 3. The molecule has 8 heteroatoms. The number of hydrogen-bond acceptors (Lipinski definition) is 4. The highest BCUT2D eigenvalue weighted by molar-refractivity contribution is 5.98. The number of rotatable bonds is 5. The summed E-state index contributed by atoms with van der Waals surface area (Å²) in [5.41, 5.74) is 3.60. The van der Waals surface area contributed by atoms with Gasteiger partial charge < -0.3 is 15.0 Å². The van der Waals surface area contributed by atoms with E-state index in [0.717, 1.165) is 34.6 Å². The van der Waals surface area contributed by atoms with Crippen LogP contribution in [0.2, 0.25) is 0 Å². The van der Waals surface area contributed by atoms with Crippen LogP contribution in [-0.4, -0.2) is 30.6 Å². The van der Waals surface area contributed by atoms with Gasteiger partial charge in [-0.2, -0.15) is 13.2 Å². The molecular weight excluding hydrogens is 419 g/mol. The molecule has 1 aromatic heterocycles. The van der Waals surface area contributed by atoms with Crippen LogP contribution in [0.25, 0.3) is 11.3 Å². The van der Waals surface area contributed by atoms with Crippen LogP contribution in [0.1, 0.15) is 28.4 Å². The molecule has 0 unspecified atom stereocenters. The first-order valence-corrected chi connectivity index (χ1v) is 10.1. The number of carbonyl (C=O) groups is 1. The third-order valence-corrected chi connectivity index (χ3v) is 5.32. The first kappa shape index (κ1) is 21.8. The fourth-order valence-corrected chi connectivity index (χ4v) is 3.83. The number of fused-ring (bicyclic) bond motifs is 3. The number of anilines is 2. The fourth-order valence-electron chi connectivity index (χ4n) is 3.83. The number of amides is 1. The Morgan fingerprint density at radius 3 is 2.62 bits per heavy atom. The zero-order chi connectivity index (χ0) is 22.9. The van der Waals surface area contributed by atoms with Crippen LogP contribution in [0.4, 0.5) is 24.5 Å². The molecule has 5 nitrogen and oxygen atoms in total. The van der Waals surface area contributed by atoms with E-state index in [9.17, 15) is 18.0 Å². The second kappa shape index (κ2) is 8.63. The average Bonchev–Trinajstić information content (AvgIpc) is 2.78. The van der Waals surface area contributed by atoms with Crippen molar-refractivity contribution < 1.29 is 22.7 Å². The Balaban J connectivity index is 1.73. The Hall–Kier alpha value is -3.39. The maximum absolute atomic E-state index is 13.0. The van der Waals surface area contributed by atoms with Crippen LogP contribution in [0.5, 0.6) is 0 Å². The van der Waals surface area contributed by atoms with Gasteiger partial charge in [0, 0.05) is 36.2 Å². The molecule has 0 bridgehead atoms. The highest BCUT2D eigenvalue weighted by Gasteiger charge is 2.31. The lowest BCUT2D eigenvalue weighted by Gasteiger charge is -2.32. The summed E-state index contributed by atoms with van der Waals surface area (Å²) in [6, 6.07) is 13.9. The van der Waals surface area contributed by atoms with Crippen LogP contribution in [0.3, 0.4) is 0 Å². The second-order valence-electron chi connectivity index (χ2n) is 7.70. The number of benzene rings is 2. The number of nitrogens with zero attached hydrogens (tertiary/aromatic N) is 2. The fraction of sp³-hybridized carbons (Fsp3) is 0.250. The number of methoxy groups -OCH3 is 1. The highest BCUT2D eigenvalue weighted by Crippen LogP contribution is 2.42. The Kier molecular flexibility index (Phi) is 5.88. The average molecular weight is 441 g/mol. The summed E-state index contributed by atoms with van der Waals surface area (Å²) in [5.74, 6) is -0.235. The Morgan fingerprint density at radius 2 is 1.94 bits per heavy atom. The zero-order valence-corrected chi connectivity index (χ0v) is 17.6. The van der Waals surface area contributed by atoms with Crippen molar-refractivity contribution in [3.63, 3.8) is 0 Å². The van der Waals surface area contributed by atoms with E-state index in [1.807, 2.05) is 24.0 Å². The van der Waals surface area contributed by atoms with Crippen molar-refractivity contribution >= 4 is 17.3 Å². The summed E-state index contributed by atoms with van der Waals surface area (Å²) < 4.78 is 44.0. The number of ether oxygens (including phenoxy) is 1. The van der Waals surface area contributed by atoms with Gasteiger partial charge >= 0.3 is 6.18 Å². The minimum atomic E-state index is -4.39. The molecule has 0 aliphatic carbocycles. The molecule has 2 heterocycles. The van der Waals surface area contributed by atoms with E-state index >= 15 is 0 Å². The summed E-state index contributed by atoms with van der Waals surface area (Å²) in [7, 11) is 1.57. The number of aromatic nitrogens is 1. The van der Waals surface area contributed by atoms with E-state index in [1.54, 1.807) is 31.5 Å². The second-order valence-corrected chi connectivity index (χ2v) is 7.70. The van der Waals surface area contributed by atoms with Gasteiger partial charge in [-0.3, -0.25) is 9.78 Å². The maximum Gasteiger partial charge on any atom is 0.416 e. The molecule has 1 amide bonds. The van der Waals surface area contributed by atoms with Crippen LogP contribution in [-0.2, 0) is 17.5 Å². The molecule has 3 aromatic rings. The minimum Gasteiger partial charge on any atom is -0.383 e. The van der Waals surface area contributed by atoms with Crippen molar-refractivity contribution in [2.75, 3.05) is 18.6 Å². The van der Waals surface area contributed by atoms with Crippen molar-refractivity contribution in [1.29, 1.82) is 0 Å². The Bertz CT molecular complexity index is 1130. The normalized spacial score (nSPS) is 13.8. The molecule has 166 valence electrons. The van der Waals surface area contributed by atoms with Gasteiger partial charge in [-0.05, 0) is 61.0 Å². The van der Waals surface area contributed by atoms with Gasteiger partial charge in [-0.25, -0.2) is 0 Å². The molecule has 32 heavy (non-hydrogen) atoms. The lowest BCUT2D eigenvalue weighted by molar-refractivity contribution is -0.137. The number of carbonyl (C=O) groups excluding carboxylic acids is 1. The van der Waals surface area contributed by atoms with E-state index in [4.69, 9.17) is 4.74 Å². The minimum absolute atomic E-state index is 0.155. The molecule has 0 saturated carbocycles. The summed E-state index contributed by atoms with van der Waals surface area (Å²) in [5, 5.41) is 2.89. The monoisotopic (exact) mass is 441 g/mol. The molecule has 0 fully saturated rings. The number of alkyl halides is 3. The largest absolute Gasteiger partial charge is 0.416 e. The van der Waals surface area contributed by atoms with E-state index in [-0.39, 0.29) is 11.9 Å². The Labute approximate surface area is 183 Å². The quantitative estimate of drug-likeness (QED) is 0.593. The summed E-state index contributed by atoms with van der Waals surface area (Å²) in [4.78, 5) is 19.1. The van der Waals surface area contributed by atoms with Gasteiger partial charge in [0.15, 0.2) is 0 Å². The van der Waals surface area contributed by atoms with Gasteiger partial charge in [-0.15, -0.1) is 0 Å². The van der Waals surface area contributed by atoms with E-state index in [2.05, 4.69) is 10.3 Å². The molecular formula is C24H22F3N3O2. The van der Waals surface area contributed by atoms with E-state index in [0.29, 0.717) is 24.4 Å². The van der Waals surface area contributed by atoms with Gasteiger partial charge in [0.2, 0.25) is 0 Å². The van der Waals surface area contributed by atoms with E-state index < -0.39 is 11.7 Å². The number of hydrogen-bond donors (Lipinski definition) is 1. The SMILES string of the molecule is COC[C@H](C)NC(=O)c1ccc2c(c1)-c1ncccc1CN2c1ccc(C(F)(F)F)cc1. The van der Waals surface area contributed by atoms with Crippen LogP contribution >= 0.6 is 0 Å². The first-order valence-electron chi connectivity index (χ1n) is 10.1. The highest BCUT2D eigenvalue weighted by atomic mass is 19.4. The van der Waals surface area contributed by atoms with Gasteiger partial charge in [-0.1, -0.05) is 6.07 Å². The molecule has 1 aliphatic heterocycles. The van der Waals surface area contributed by atoms with Gasteiger partial charge in [0.1, 0.15) is 0 Å². The van der Waals surface area contributed by atoms with Crippen LogP contribution in [0.15, 0.2) is 60.8 Å². The van der Waals surface area contributed by atoms with Gasteiger partial charge in [0.25, 0.3) is 5.91 Å². The lowest BCUT2D eigenvalue weighted by Crippen LogP contribution is -2.35. The predicted molar refractivity (Wildman–Crippen MR) is 116 cm³/mol. The van der Waals surface area contributed by atoms with Crippen LogP contribution in [0, 0.1) is 0 Å². The molecule has 0 spiro atoms. The van der Waals surface area contributed by atoms with Crippen LogP contribution < -0.4 is 10.2 Å². The third kappa shape index (κ3) is 4.31. The van der Waals surface area contributed by atoms with Crippen molar-refractivity contribution in [3.05, 3.63) is 77.5 Å². The predicted octanol–water partition coefficient (Wildman–Crippen LogP) is 5.18. The first-order chi connectivity index (χ1) is 15.3. The summed E-state index contributed by atoms with van der Waals surface area (Å²) in [6.45, 7) is 2.70. The molecule has 2 aromatic carbocycles. The molecule has 0 saturated heterocycles. The molecule has 4 rings (SSSR count). The van der Waals surface area contributed by atoms with Crippen molar-refractivity contribution in [1.82, 2.24) is 10.3 Å². The molecule has 1 N–H and O–H groups in total. The van der Waals surface area contributed by atoms with E-state index in [1.165, 1.54) is 12.1 Å². The smallest absolute Gasteiger partial charge is 0.383 e. The van der Waals surface area contributed by atoms with Crippen molar-refractivity contribution in [2.45, 2.75) is 25.7 Å². The maximum atomic E-state index is 13.0. The number of pyridine rings is 1. The van der Waals surface area contributed by atoms with Crippen molar-refractivity contribution in [2.24, 2.45) is 0 Å².